The predicted molar refractivity (Wildman–Crippen MR) is 78.5 cm³/mol. The standard InChI is InChI=1S/C15H22N2O3/c1-11-6-5-7-12(10-11)17-14(19)15(2,3)13(18)16-8-9-20-4/h5-7,10H,8-9H2,1-4H3,(H,16,18)(H,17,19). The Balaban J connectivity index is 2.66. The van der Waals surface area contributed by atoms with Gasteiger partial charge in [0.25, 0.3) is 0 Å². The van der Waals surface area contributed by atoms with Gasteiger partial charge in [-0.2, -0.15) is 0 Å². The maximum Gasteiger partial charge on any atom is 0.239 e. The van der Waals surface area contributed by atoms with Crippen molar-refractivity contribution in [1.82, 2.24) is 5.32 Å². The molecule has 0 aromatic heterocycles. The summed E-state index contributed by atoms with van der Waals surface area (Å²) in [5, 5.41) is 5.44. The predicted octanol–water partition coefficient (Wildman–Crippen LogP) is 1.72. The summed E-state index contributed by atoms with van der Waals surface area (Å²) in [4.78, 5) is 24.2. The van der Waals surface area contributed by atoms with Crippen LogP contribution in [0.2, 0.25) is 0 Å². The van der Waals surface area contributed by atoms with Crippen LogP contribution in [0.1, 0.15) is 19.4 Å². The maximum atomic E-state index is 12.2. The molecule has 0 unspecified atom stereocenters. The highest BCUT2D eigenvalue weighted by Gasteiger charge is 2.35. The van der Waals surface area contributed by atoms with Gasteiger partial charge in [0.1, 0.15) is 5.41 Å². The van der Waals surface area contributed by atoms with E-state index in [2.05, 4.69) is 10.6 Å². The van der Waals surface area contributed by atoms with Crippen molar-refractivity contribution in [3.05, 3.63) is 29.8 Å². The molecule has 0 fully saturated rings. The highest BCUT2D eigenvalue weighted by molar-refractivity contribution is 6.09. The van der Waals surface area contributed by atoms with Crippen molar-refractivity contribution in [1.29, 1.82) is 0 Å². The number of carbonyl (C=O) groups excluding carboxylic acids is 2. The van der Waals surface area contributed by atoms with Gasteiger partial charge in [0.05, 0.1) is 6.61 Å². The van der Waals surface area contributed by atoms with Gasteiger partial charge in [0, 0.05) is 19.3 Å². The normalized spacial score (nSPS) is 11.0. The Morgan fingerprint density at radius 1 is 1.25 bits per heavy atom. The second kappa shape index (κ2) is 7.05. The summed E-state index contributed by atoms with van der Waals surface area (Å²) in [6.07, 6.45) is 0. The Morgan fingerprint density at radius 3 is 2.55 bits per heavy atom. The molecule has 0 atom stereocenters. The van der Waals surface area contributed by atoms with Gasteiger partial charge in [0.15, 0.2) is 0 Å². The molecule has 0 saturated carbocycles. The van der Waals surface area contributed by atoms with E-state index in [0.717, 1.165) is 5.56 Å². The molecule has 0 heterocycles. The minimum Gasteiger partial charge on any atom is -0.383 e. The number of methoxy groups -OCH3 is 1. The minimum absolute atomic E-state index is 0.320. The van der Waals surface area contributed by atoms with Gasteiger partial charge in [-0.15, -0.1) is 0 Å². The van der Waals surface area contributed by atoms with E-state index in [9.17, 15) is 9.59 Å². The maximum absolute atomic E-state index is 12.2. The molecule has 5 heteroatoms. The molecule has 0 aliphatic heterocycles. The van der Waals surface area contributed by atoms with E-state index in [1.807, 2.05) is 25.1 Å². The van der Waals surface area contributed by atoms with Crippen molar-refractivity contribution in [2.24, 2.45) is 5.41 Å². The number of hydrogen-bond acceptors (Lipinski definition) is 3. The highest BCUT2D eigenvalue weighted by atomic mass is 16.5. The van der Waals surface area contributed by atoms with E-state index in [1.54, 1.807) is 27.0 Å². The van der Waals surface area contributed by atoms with Gasteiger partial charge in [-0.25, -0.2) is 0 Å². The quantitative estimate of drug-likeness (QED) is 0.615. The van der Waals surface area contributed by atoms with E-state index in [4.69, 9.17) is 4.74 Å². The molecule has 2 amide bonds. The van der Waals surface area contributed by atoms with Crippen LogP contribution in [-0.2, 0) is 14.3 Å². The summed E-state index contributed by atoms with van der Waals surface area (Å²) in [5.74, 6) is -0.655. The molecule has 0 saturated heterocycles. The molecule has 1 aromatic rings. The van der Waals surface area contributed by atoms with Gasteiger partial charge in [-0.3, -0.25) is 9.59 Å². The molecule has 1 aromatic carbocycles. The Bertz CT molecular complexity index is 484. The number of ether oxygens (including phenoxy) is 1. The fourth-order valence-electron chi connectivity index (χ4n) is 1.60. The van der Waals surface area contributed by atoms with Crippen molar-refractivity contribution in [2.75, 3.05) is 25.6 Å². The molecule has 0 spiro atoms. The monoisotopic (exact) mass is 278 g/mol. The average molecular weight is 278 g/mol. The topological polar surface area (TPSA) is 67.4 Å². The largest absolute Gasteiger partial charge is 0.383 e. The van der Waals surface area contributed by atoms with Crippen LogP contribution in [0.4, 0.5) is 5.69 Å². The van der Waals surface area contributed by atoms with Crippen LogP contribution in [0.3, 0.4) is 0 Å². The third kappa shape index (κ3) is 4.35. The molecular formula is C15H22N2O3. The summed E-state index contributed by atoms with van der Waals surface area (Å²) in [5.41, 5.74) is 0.593. The van der Waals surface area contributed by atoms with Gasteiger partial charge in [0.2, 0.25) is 11.8 Å². The number of hydrogen-bond donors (Lipinski definition) is 2. The minimum atomic E-state index is -1.14. The van der Waals surface area contributed by atoms with Crippen molar-refractivity contribution in [2.45, 2.75) is 20.8 Å². The first-order valence-corrected chi connectivity index (χ1v) is 6.53. The summed E-state index contributed by atoms with van der Waals surface area (Å²) in [7, 11) is 1.56. The number of carbonyl (C=O) groups is 2. The van der Waals surface area contributed by atoms with Gasteiger partial charge < -0.3 is 15.4 Å². The summed E-state index contributed by atoms with van der Waals surface area (Å²) in [6, 6.07) is 7.45. The number of benzene rings is 1. The molecule has 110 valence electrons. The number of amides is 2. The first kappa shape index (κ1) is 16.2. The van der Waals surface area contributed by atoms with Gasteiger partial charge >= 0.3 is 0 Å². The first-order valence-electron chi connectivity index (χ1n) is 6.53. The lowest BCUT2D eigenvalue weighted by Gasteiger charge is -2.22. The van der Waals surface area contributed by atoms with Crippen LogP contribution < -0.4 is 10.6 Å². The summed E-state index contributed by atoms with van der Waals surface area (Å²) in [6.45, 7) is 5.94. The van der Waals surface area contributed by atoms with E-state index < -0.39 is 5.41 Å². The molecular weight excluding hydrogens is 256 g/mol. The molecule has 0 bridgehead atoms. The van der Waals surface area contributed by atoms with E-state index in [1.165, 1.54) is 0 Å². The SMILES string of the molecule is COCCNC(=O)C(C)(C)C(=O)Nc1cccc(C)c1. The van der Waals surface area contributed by atoms with Crippen molar-refractivity contribution in [3.8, 4) is 0 Å². The van der Waals surface area contributed by atoms with E-state index in [0.29, 0.717) is 18.8 Å². The van der Waals surface area contributed by atoms with Crippen molar-refractivity contribution < 1.29 is 14.3 Å². The van der Waals surface area contributed by atoms with Crippen LogP contribution in [-0.4, -0.2) is 32.1 Å². The molecule has 5 nitrogen and oxygen atoms in total. The third-order valence-corrected chi connectivity index (χ3v) is 3.00. The highest BCUT2D eigenvalue weighted by Crippen LogP contribution is 2.19. The zero-order valence-corrected chi connectivity index (χ0v) is 12.4. The number of aryl methyl sites for hydroxylation is 1. The third-order valence-electron chi connectivity index (χ3n) is 3.00. The Kier molecular flexibility index (Phi) is 5.70. The Morgan fingerprint density at radius 2 is 1.95 bits per heavy atom. The fraction of sp³-hybridized carbons (Fsp3) is 0.467. The van der Waals surface area contributed by atoms with E-state index in [-0.39, 0.29) is 11.8 Å². The summed E-state index contributed by atoms with van der Waals surface area (Å²) >= 11 is 0. The molecule has 0 aliphatic carbocycles. The van der Waals surface area contributed by atoms with Crippen molar-refractivity contribution in [3.63, 3.8) is 0 Å². The number of anilines is 1. The lowest BCUT2D eigenvalue weighted by Crippen LogP contribution is -2.45. The lowest BCUT2D eigenvalue weighted by molar-refractivity contribution is -0.138. The Hall–Kier alpha value is -1.88. The first-order chi connectivity index (χ1) is 9.37. The van der Waals surface area contributed by atoms with Gasteiger partial charge in [-0.1, -0.05) is 12.1 Å². The summed E-state index contributed by atoms with van der Waals surface area (Å²) < 4.78 is 4.86. The van der Waals surface area contributed by atoms with Crippen molar-refractivity contribution >= 4 is 17.5 Å². The van der Waals surface area contributed by atoms with Gasteiger partial charge in [-0.05, 0) is 38.5 Å². The van der Waals surface area contributed by atoms with Crippen LogP contribution in [0.25, 0.3) is 0 Å². The van der Waals surface area contributed by atoms with Crippen LogP contribution in [0, 0.1) is 12.3 Å². The average Bonchev–Trinajstić information content (AvgIpc) is 2.38. The number of rotatable bonds is 6. The Labute approximate surface area is 119 Å². The zero-order chi connectivity index (χ0) is 15.2. The smallest absolute Gasteiger partial charge is 0.239 e. The van der Waals surface area contributed by atoms with Crippen LogP contribution in [0.5, 0.6) is 0 Å². The second-order valence-corrected chi connectivity index (χ2v) is 5.20. The second-order valence-electron chi connectivity index (χ2n) is 5.20. The lowest BCUT2D eigenvalue weighted by atomic mass is 9.91. The molecule has 1 rings (SSSR count). The van der Waals surface area contributed by atoms with Crippen LogP contribution in [0.15, 0.2) is 24.3 Å². The van der Waals surface area contributed by atoms with Crippen LogP contribution >= 0.6 is 0 Å². The van der Waals surface area contributed by atoms with E-state index >= 15 is 0 Å². The molecule has 20 heavy (non-hydrogen) atoms. The number of nitrogens with one attached hydrogen (secondary N) is 2. The molecule has 0 aliphatic rings. The molecule has 2 N–H and O–H groups in total. The zero-order valence-electron chi connectivity index (χ0n) is 12.4. The molecule has 0 radical (unpaired) electrons. The fourth-order valence-corrected chi connectivity index (χ4v) is 1.60.